The van der Waals surface area contributed by atoms with E-state index in [1.54, 1.807) is 0 Å². The minimum absolute atomic E-state index is 0.173. The van der Waals surface area contributed by atoms with Gasteiger partial charge in [-0.1, -0.05) is 0 Å². The molecule has 0 atom stereocenters. The number of amides is 2. The molecule has 1 aliphatic carbocycles. The first-order chi connectivity index (χ1) is 13.0. The van der Waals surface area contributed by atoms with Gasteiger partial charge in [0.25, 0.3) is 5.91 Å². The molecule has 1 aromatic heterocycles. The zero-order valence-electron chi connectivity index (χ0n) is 15.3. The van der Waals surface area contributed by atoms with Gasteiger partial charge in [-0.15, -0.1) is 11.3 Å². The van der Waals surface area contributed by atoms with Crippen LogP contribution in [0.25, 0.3) is 0 Å². The molecule has 1 fully saturated rings. The van der Waals surface area contributed by atoms with E-state index in [2.05, 4.69) is 15.6 Å². The minimum Gasteiger partial charge on any atom is -0.493 e. The SMILES string of the molecule is COc1cc(C(=O)NCC(=O)Nc2nc(C3CC3)cs2)cc(OC)c1OC. The van der Waals surface area contributed by atoms with Crippen molar-refractivity contribution in [1.82, 2.24) is 10.3 Å². The van der Waals surface area contributed by atoms with Crippen LogP contribution in [0.15, 0.2) is 17.5 Å². The fourth-order valence-corrected chi connectivity index (χ4v) is 3.36. The Bertz CT molecular complexity index is 822. The third-order valence-electron chi connectivity index (χ3n) is 4.10. The molecule has 0 unspecified atom stereocenters. The van der Waals surface area contributed by atoms with E-state index in [4.69, 9.17) is 14.2 Å². The average Bonchev–Trinajstić information content (AvgIpc) is 3.44. The average molecular weight is 391 g/mol. The molecule has 1 saturated carbocycles. The summed E-state index contributed by atoms with van der Waals surface area (Å²) in [5, 5.41) is 7.78. The first kappa shape index (κ1) is 19.0. The maximum atomic E-state index is 12.4. The fraction of sp³-hybridized carbons (Fsp3) is 0.389. The molecule has 27 heavy (non-hydrogen) atoms. The molecule has 2 amide bonds. The lowest BCUT2D eigenvalue weighted by Gasteiger charge is -2.14. The zero-order chi connectivity index (χ0) is 19.4. The van der Waals surface area contributed by atoms with Crippen molar-refractivity contribution in [2.45, 2.75) is 18.8 Å². The van der Waals surface area contributed by atoms with E-state index in [-0.39, 0.29) is 12.5 Å². The van der Waals surface area contributed by atoms with Gasteiger partial charge in [-0.2, -0.15) is 0 Å². The summed E-state index contributed by atoms with van der Waals surface area (Å²) in [6.07, 6.45) is 2.31. The van der Waals surface area contributed by atoms with E-state index in [1.165, 1.54) is 44.8 Å². The lowest BCUT2D eigenvalue weighted by atomic mass is 10.1. The quantitative estimate of drug-likeness (QED) is 0.717. The third kappa shape index (κ3) is 4.48. The second kappa shape index (κ2) is 8.26. The standard InChI is InChI=1S/C18H21N3O5S/c1-24-13-6-11(7-14(25-2)16(13)26-3)17(23)19-8-15(22)21-18-20-12(9-27-18)10-4-5-10/h6-7,9-10H,4-5,8H2,1-3H3,(H,19,23)(H,20,21,22). The van der Waals surface area contributed by atoms with Crippen LogP contribution in [0.3, 0.4) is 0 Å². The zero-order valence-corrected chi connectivity index (χ0v) is 16.1. The Balaban J connectivity index is 1.60. The van der Waals surface area contributed by atoms with Crippen LogP contribution in [0.2, 0.25) is 0 Å². The van der Waals surface area contributed by atoms with E-state index in [0.717, 1.165) is 18.5 Å². The van der Waals surface area contributed by atoms with Crippen molar-refractivity contribution in [2.24, 2.45) is 0 Å². The number of benzene rings is 1. The van der Waals surface area contributed by atoms with E-state index in [9.17, 15) is 9.59 Å². The summed E-state index contributed by atoms with van der Waals surface area (Å²) in [4.78, 5) is 28.8. The second-order valence-corrected chi connectivity index (χ2v) is 6.85. The molecule has 8 nitrogen and oxygen atoms in total. The van der Waals surface area contributed by atoms with Crippen molar-refractivity contribution in [3.63, 3.8) is 0 Å². The number of carbonyl (C=O) groups excluding carboxylic acids is 2. The number of nitrogens with zero attached hydrogens (tertiary/aromatic N) is 1. The maximum Gasteiger partial charge on any atom is 0.251 e. The molecule has 3 rings (SSSR count). The minimum atomic E-state index is -0.429. The highest BCUT2D eigenvalue weighted by Gasteiger charge is 2.26. The monoisotopic (exact) mass is 391 g/mol. The number of methoxy groups -OCH3 is 3. The number of nitrogens with one attached hydrogen (secondary N) is 2. The van der Waals surface area contributed by atoms with Gasteiger partial charge < -0.3 is 24.8 Å². The molecular weight excluding hydrogens is 370 g/mol. The Morgan fingerprint density at radius 1 is 1.15 bits per heavy atom. The molecule has 9 heteroatoms. The Kier molecular flexibility index (Phi) is 5.80. The highest BCUT2D eigenvalue weighted by Crippen LogP contribution is 2.41. The number of ether oxygens (including phenoxy) is 3. The molecule has 0 saturated heterocycles. The summed E-state index contributed by atoms with van der Waals surface area (Å²) in [5.41, 5.74) is 1.32. The Hall–Kier alpha value is -2.81. The molecule has 2 aromatic rings. The molecule has 0 bridgehead atoms. The van der Waals surface area contributed by atoms with Gasteiger partial charge in [-0.25, -0.2) is 4.98 Å². The van der Waals surface area contributed by atoms with Crippen LogP contribution in [0.4, 0.5) is 5.13 Å². The molecular formula is C18H21N3O5S. The van der Waals surface area contributed by atoms with Crippen LogP contribution in [-0.4, -0.2) is 44.7 Å². The van der Waals surface area contributed by atoms with Gasteiger partial charge in [0.15, 0.2) is 16.6 Å². The number of thiazole rings is 1. The van der Waals surface area contributed by atoms with Crippen LogP contribution in [0, 0.1) is 0 Å². The van der Waals surface area contributed by atoms with Gasteiger partial charge in [0.1, 0.15) is 0 Å². The molecule has 144 valence electrons. The summed E-state index contributed by atoms with van der Waals surface area (Å²) in [5.74, 6) is 0.884. The molecule has 2 N–H and O–H groups in total. The summed E-state index contributed by atoms with van der Waals surface area (Å²) in [6, 6.07) is 3.05. The van der Waals surface area contributed by atoms with E-state index in [1.807, 2.05) is 5.38 Å². The first-order valence-corrected chi connectivity index (χ1v) is 9.27. The van der Waals surface area contributed by atoms with E-state index < -0.39 is 5.91 Å². The normalized spacial score (nSPS) is 13.0. The topological polar surface area (TPSA) is 98.8 Å². The van der Waals surface area contributed by atoms with Gasteiger partial charge >= 0.3 is 0 Å². The highest BCUT2D eigenvalue weighted by molar-refractivity contribution is 7.13. The summed E-state index contributed by atoms with van der Waals surface area (Å²) in [6.45, 7) is -0.173. The van der Waals surface area contributed by atoms with Crippen molar-refractivity contribution in [1.29, 1.82) is 0 Å². The summed E-state index contributed by atoms with van der Waals surface area (Å²) >= 11 is 1.39. The predicted octanol–water partition coefficient (Wildman–Crippen LogP) is 2.41. The van der Waals surface area contributed by atoms with E-state index >= 15 is 0 Å². The number of anilines is 1. The van der Waals surface area contributed by atoms with Crippen LogP contribution >= 0.6 is 11.3 Å². The third-order valence-corrected chi connectivity index (χ3v) is 4.88. The lowest BCUT2D eigenvalue weighted by Crippen LogP contribution is -2.32. The van der Waals surface area contributed by atoms with Crippen LogP contribution in [-0.2, 0) is 4.79 Å². The maximum absolute atomic E-state index is 12.4. The molecule has 0 radical (unpaired) electrons. The Morgan fingerprint density at radius 2 is 1.81 bits per heavy atom. The Labute approximate surface area is 160 Å². The largest absolute Gasteiger partial charge is 0.493 e. The molecule has 1 heterocycles. The molecule has 1 aromatic carbocycles. The van der Waals surface area contributed by atoms with Crippen molar-refractivity contribution in [3.05, 3.63) is 28.8 Å². The van der Waals surface area contributed by atoms with Crippen LogP contribution in [0.5, 0.6) is 17.2 Å². The van der Waals surface area contributed by atoms with Crippen molar-refractivity contribution in [2.75, 3.05) is 33.2 Å². The smallest absolute Gasteiger partial charge is 0.251 e. The number of carbonyl (C=O) groups is 2. The summed E-state index contributed by atoms with van der Waals surface area (Å²) in [7, 11) is 4.42. The second-order valence-electron chi connectivity index (χ2n) is 6.00. The van der Waals surface area contributed by atoms with Gasteiger partial charge in [-0.3, -0.25) is 9.59 Å². The van der Waals surface area contributed by atoms with Crippen molar-refractivity contribution < 1.29 is 23.8 Å². The van der Waals surface area contributed by atoms with Gasteiger partial charge in [0, 0.05) is 16.9 Å². The van der Waals surface area contributed by atoms with Crippen molar-refractivity contribution >= 4 is 28.3 Å². The number of rotatable bonds is 8. The van der Waals surface area contributed by atoms with Gasteiger partial charge in [0.2, 0.25) is 11.7 Å². The predicted molar refractivity (Wildman–Crippen MR) is 101 cm³/mol. The van der Waals surface area contributed by atoms with Crippen molar-refractivity contribution in [3.8, 4) is 17.2 Å². The lowest BCUT2D eigenvalue weighted by molar-refractivity contribution is -0.115. The van der Waals surface area contributed by atoms with Crippen LogP contribution < -0.4 is 24.8 Å². The fourth-order valence-electron chi connectivity index (χ4n) is 2.55. The summed E-state index contributed by atoms with van der Waals surface area (Å²) < 4.78 is 15.7. The highest BCUT2D eigenvalue weighted by atomic mass is 32.1. The van der Waals surface area contributed by atoms with E-state index in [0.29, 0.717) is 33.9 Å². The molecule has 0 aliphatic heterocycles. The number of hydrogen-bond donors (Lipinski definition) is 2. The van der Waals surface area contributed by atoms with Crippen LogP contribution in [0.1, 0.15) is 34.8 Å². The van der Waals surface area contributed by atoms with Gasteiger partial charge in [-0.05, 0) is 25.0 Å². The number of aromatic nitrogens is 1. The number of hydrogen-bond acceptors (Lipinski definition) is 7. The molecule has 0 spiro atoms. The Morgan fingerprint density at radius 3 is 2.37 bits per heavy atom. The molecule has 1 aliphatic rings. The van der Waals surface area contributed by atoms with Gasteiger partial charge in [0.05, 0.1) is 33.6 Å². The first-order valence-electron chi connectivity index (χ1n) is 8.39.